The number of anilines is 1. The van der Waals surface area contributed by atoms with Gasteiger partial charge in [-0.25, -0.2) is 26.9 Å². The van der Waals surface area contributed by atoms with Crippen LogP contribution in [0.4, 0.5) is 27.6 Å². The zero-order chi connectivity index (χ0) is 31.2. The smallest absolute Gasteiger partial charge is 0.295 e. The fraction of sp³-hybridized carbons (Fsp3) is 0.414. The van der Waals surface area contributed by atoms with Gasteiger partial charge in [-0.3, -0.25) is 14.2 Å². The van der Waals surface area contributed by atoms with Crippen LogP contribution in [0.3, 0.4) is 0 Å². The van der Waals surface area contributed by atoms with E-state index in [1.807, 2.05) is 0 Å². The average Bonchev–Trinajstić information content (AvgIpc) is 2.96. The summed E-state index contributed by atoms with van der Waals surface area (Å²) >= 11 is 0. The van der Waals surface area contributed by atoms with Gasteiger partial charge < -0.3 is 25.6 Å². The number of amides is 1. The summed E-state index contributed by atoms with van der Waals surface area (Å²) in [7, 11) is 0. The number of hydrogen-bond acceptors (Lipinski definition) is 7. The molecule has 43 heavy (non-hydrogen) atoms. The van der Waals surface area contributed by atoms with E-state index >= 15 is 8.78 Å². The number of likely N-dealkylation sites (tertiary alicyclic amines) is 1. The maximum atomic E-state index is 15.5. The van der Waals surface area contributed by atoms with Crippen molar-refractivity contribution in [2.45, 2.75) is 55.6 Å². The molecule has 1 aliphatic heterocycles. The fourth-order valence-electron chi connectivity index (χ4n) is 5.70. The molecule has 14 heteroatoms. The number of halogens is 5. The molecule has 1 saturated heterocycles. The van der Waals surface area contributed by atoms with E-state index in [1.165, 1.54) is 0 Å². The SMILES string of the molecule is Nc1c(Oc2ccc(F)c(O)c2)ncn(C[C@@]2(O)CCN(C(=O)[C@@H]3CCC(F)(F)C[C@H]3c3ccccc3)CC2(F)F)c1=O. The Morgan fingerprint density at radius 1 is 1.12 bits per heavy atom. The summed E-state index contributed by atoms with van der Waals surface area (Å²) in [6.07, 6.45) is -1.08. The van der Waals surface area contributed by atoms with Crippen molar-refractivity contribution in [3.05, 3.63) is 76.6 Å². The van der Waals surface area contributed by atoms with Gasteiger partial charge in [-0.15, -0.1) is 0 Å². The lowest BCUT2D eigenvalue weighted by atomic mass is 9.73. The summed E-state index contributed by atoms with van der Waals surface area (Å²) in [6, 6.07) is 11.3. The van der Waals surface area contributed by atoms with Crippen LogP contribution >= 0.6 is 0 Å². The highest BCUT2D eigenvalue weighted by Gasteiger charge is 2.58. The Kier molecular flexibility index (Phi) is 7.84. The lowest BCUT2D eigenvalue weighted by Crippen LogP contribution is -2.64. The molecule has 5 rings (SSSR count). The van der Waals surface area contributed by atoms with Crippen LogP contribution in [0, 0.1) is 11.7 Å². The van der Waals surface area contributed by atoms with Crippen molar-refractivity contribution in [2.24, 2.45) is 5.92 Å². The lowest BCUT2D eigenvalue weighted by molar-refractivity contribution is -0.223. The van der Waals surface area contributed by atoms with Crippen LogP contribution < -0.4 is 16.0 Å². The Balaban J connectivity index is 1.31. The second-order valence-electron chi connectivity index (χ2n) is 11.1. The molecule has 2 aromatic carbocycles. The van der Waals surface area contributed by atoms with E-state index in [0.717, 1.165) is 29.4 Å². The van der Waals surface area contributed by atoms with Crippen LogP contribution in [0.5, 0.6) is 17.4 Å². The number of rotatable bonds is 6. The van der Waals surface area contributed by atoms with E-state index in [9.17, 15) is 33.0 Å². The minimum absolute atomic E-state index is 0.103. The van der Waals surface area contributed by atoms with Gasteiger partial charge in [-0.2, -0.15) is 0 Å². The van der Waals surface area contributed by atoms with Crippen molar-refractivity contribution in [1.29, 1.82) is 0 Å². The fourth-order valence-corrected chi connectivity index (χ4v) is 5.70. The molecule has 3 atom stereocenters. The summed E-state index contributed by atoms with van der Waals surface area (Å²) in [5.41, 5.74) is 1.96. The van der Waals surface area contributed by atoms with Crippen molar-refractivity contribution in [2.75, 3.05) is 18.8 Å². The Labute approximate surface area is 242 Å². The second-order valence-corrected chi connectivity index (χ2v) is 11.1. The monoisotopic (exact) mass is 608 g/mol. The number of nitrogens with two attached hydrogens (primary N) is 1. The van der Waals surface area contributed by atoms with Crippen molar-refractivity contribution in [3.63, 3.8) is 0 Å². The molecule has 3 aromatic rings. The summed E-state index contributed by atoms with van der Waals surface area (Å²) in [4.78, 5) is 31.1. The summed E-state index contributed by atoms with van der Waals surface area (Å²) in [6.45, 7) is -2.39. The molecule has 230 valence electrons. The zero-order valence-electron chi connectivity index (χ0n) is 22.7. The standard InChI is InChI=1S/C29H29F5N4O5/c30-21-7-6-18(12-22(21)39)43-24-23(35)26(41)38(16-36-24)14-27(42)10-11-37(15-29(27,33)34)25(40)19-8-9-28(31,32)13-20(19)17-4-2-1-3-5-17/h1-7,12,16,19-20,39,42H,8-11,13-15,35H2/t19-,20+,27+/m1/s1. The molecule has 2 heterocycles. The van der Waals surface area contributed by atoms with Gasteiger partial charge in [0.25, 0.3) is 11.5 Å². The van der Waals surface area contributed by atoms with E-state index in [4.69, 9.17) is 10.5 Å². The molecule has 0 radical (unpaired) electrons. The second kappa shape index (κ2) is 11.1. The first-order valence-electron chi connectivity index (χ1n) is 13.5. The van der Waals surface area contributed by atoms with Gasteiger partial charge in [0, 0.05) is 43.7 Å². The van der Waals surface area contributed by atoms with Crippen LogP contribution in [0.15, 0.2) is 59.7 Å². The van der Waals surface area contributed by atoms with E-state index in [1.54, 1.807) is 30.3 Å². The Morgan fingerprint density at radius 2 is 1.84 bits per heavy atom. The van der Waals surface area contributed by atoms with Crippen LogP contribution in [-0.4, -0.2) is 61.1 Å². The highest BCUT2D eigenvalue weighted by atomic mass is 19.3. The third kappa shape index (κ3) is 6.01. The van der Waals surface area contributed by atoms with Gasteiger partial charge in [0.2, 0.25) is 17.7 Å². The van der Waals surface area contributed by atoms with Crippen LogP contribution in [0.1, 0.15) is 37.2 Å². The molecular weight excluding hydrogens is 579 g/mol. The summed E-state index contributed by atoms with van der Waals surface area (Å²) < 4.78 is 79.0. The maximum Gasteiger partial charge on any atom is 0.295 e. The first-order chi connectivity index (χ1) is 20.2. The molecule has 2 aliphatic rings. The molecule has 0 spiro atoms. The number of nitrogens with zero attached hydrogens (tertiary/aromatic N) is 3. The number of carbonyl (C=O) groups is 1. The number of aliphatic hydroxyl groups is 1. The zero-order valence-corrected chi connectivity index (χ0v) is 22.7. The quantitative estimate of drug-likeness (QED) is 0.356. The molecule has 1 saturated carbocycles. The van der Waals surface area contributed by atoms with Gasteiger partial charge in [0.15, 0.2) is 17.3 Å². The molecule has 1 aliphatic carbocycles. The van der Waals surface area contributed by atoms with Gasteiger partial charge in [0.1, 0.15) is 17.7 Å². The number of alkyl halides is 4. The summed E-state index contributed by atoms with van der Waals surface area (Å²) in [5.74, 6) is -11.6. The molecule has 9 nitrogen and oxygen atoms in total. The molecular formula is C29H29F5N4O5. The molecule has 4 N–H and O–H groups in total. The molecule has 2 fully saturated rings. The van der Waals surface area contributed by atoms with Crippen molar-refractivity contribution < 1.29 is 41.7 Å². The number of aromatic nitrogens is 2. The van der Waals surface area contributed by atoms with Crippen LogP contribution in [0.2, 0.25) is 0 Å². The number of phenols is 1. The first-order valence-corrected chi connectivity index (χ1v) is 13.5. The highest BCUT2D eigenvalue weighted by Crippen LogP contribution is 2.47. The number of phenolic OH excluding ortho intramolecular Hbond substituents is 1. The van der Waals surface area contributed by atoms with Gasteiger partial charge in [0.05, 0.1) is 13.1 Å². The third-order valence-electron chi connectivity index (χ3n) is 8.15. The van der Waals surface area contributed by atoms with Crippen molar-refractivity contribution >= 4 is 11.6 Å². The van der Waals surface area contributed by atoms with E-state index in [0.29, 0.717) is 10.1 Å². The molecule has 1 amide bonds. The van der Waals surface area contributed by atoms with E-state index in [2.05, 4.69) is 4.98 Å². The Morgan fingerprint density at radius 3 is 2.51 bits per heavy atom. The minimum Gasteiger partial charge on any atom is -0.505 e. The van der Waals surface area contributed by atoms with Crippen LogP contribution in [0.25, 0.3) is 0 Å². The van der Waals surface area contributed by atoms with Crippen molar-refractivity contribution in [3.8, 4) is 17.4 Å². The Bertz CT molecular complexity index is 1570. The number of hydrogen-bond donors (Lipinski definition) is 3. The third-order valence-corrected chi connectivity index (χ3v) is 8.15. The van der Waals surface area contributed by atoms with Gasteiger partial charge in [-0.05, 0) is 24.1 Å². The van der Waals surface area contributed by atoms with Crippen LogP contribution in [-0.2, 0) is 11.3 Å². The average molecular weight is 609 g/mol. The lowest BCUT2D eigenvalue weighted by Gasteiger charge is -2.46. The predicted octanol–water partition coefficient (Wildman–Crippen LogP) is 4.28. The molecule has 1 aromatic heterocycles. The number of aromatic hydroxyl groups is 1. The van der Waals surface area contributed by atoms with Gasteiger partial charge in [-0.1, -0.05) is 30.3 Å². The Hall–Kier alpha value is -4.20. The number of ether oxygens (including phenoxy) is 1. The number of benzene rings is 2. The van der Waals surface area contributed by atoms with E-state index in [-0.39, 0.29) is 18.7 Å². The largest absolute Gasteiger partial charge is 0.505 e. The minimum atomic E-state index is -3.89. The number of carbonyl (C=O) groups excluding carboxylic acids is 1. The number of nitrogen functional groups attached to an aromatic ring is 1. The summed E-state index contributed by atoms with van der Waals surface area (Å²) in [5, 5.41) is 20.5. The predicted molar refractivity (Wildman–Crippen MR) is 144 cm³/mol. The maximum absolute atomic E-state index is 15.5. The molecule has 0 bridgehead atoms. The first kappa shape index (κ1) is 30.3. The highest BCUT2D eigenvalue weighted by molar-refractivity contribution is 5.80. The molecule has 0 unspecified atom stereocenters. The van der Waals surface area contributed by atoms with Gasteiger partial charge >= 0.3 is 0 Å². The van der Waals surface area contributed by atoms with Crippen molar-refractivity contribution in [1.82, 2.24) is 14.5 Å². The topological polar surface area (TPSA) is 131 Å². The number of piperidine rings is 1. The van der Waals surface area contributed by atoms with E-state index < -0.39 is 96.2 Å². The normalized spacial score (nSPS) is 24.8.